The average molecular weight is 540 g/mol. The minimum absolute atomic E-state index is 0.0393. The van der Waals surface area contributed by atoms with E-state index >= 15 is 0 Å². The van der Waals surface area contributed by atoms with Crippen molar-refractivity contribution in [3.8, 4) is 11.5 Å². The third-order valence-electron chi connectivity index (χ3n) is 6.13. The minimum atomic E-state index is -4.15. The number of rotatable bonds is 11. The van der Waals surface area contributed by atoms with Crippen LogP contribution in [0.3, 0.4) is 0 Å². The maximum Gasteiger partial charge on any atom is 0.264 e. The van der Waals surface area contributed by atoms with Crippen molar-refractivity contribution in [2.24, 2.45) is 0 Å². The Hall–Kier alpha value is -4.05. The molecule has 0 aromatic heterocycles. The second-order valence-corrected chi connectivity index (χ2v) is 10.6. The number of amides is 2. The summed E-state index contributed by atoms with van der Waals surface area (Å²) in [6.45, 7) is 2.99. The van der Waals surface area contributed by atoms with Crippen LogP contribution < -0.4 is 19.1 Å². The quantitative estimate of drug-likeness (QED) is 0.401. The number of carbonyl (C=O) groups is 2. The molecule has 0 heterocycles. The Kier molecular flexibility index (Phi) is 9.35. The molecular formula is C28H33N3O6S. The van der Waals surface area contributed by atoms with Gasteiger partial charge in [0.25, 0.3) is 10.0 Å². The van der Waals surface area contributed by atoms with Crippen molar-refractivity contribution in [1.29, 1.82) is 0 Å². The summed E-state index contributed by atoms with van der Waals surface area (Å²) >= 11 is 0. The van der Waals surface area contributed by atoms with Crippen LogP contribution in [0.2, 0.25) is 0 Å². The predicted octanol–water partition coefficient (Wildman–Crippen LogP) is 3.37. The molecule has 38 heavy (non-hydrogen) atoms. The van der Waals surface area contributed by atoms with E-state index in [0.29, 0.717) is 11.5 Å². The van der Waals surface area contributed by atoms with Crippen LogP contribution in [0.15, 0.2) is 77.7 Å². The number of likely N-dealkylation sites (N-methyl/N-ethyl adjacent to an activating group) is 1. The lowest BCUT2D eigenvalue weighted by molar-refractivity contribution is -0.139. The van der Waals surface area contributed by atoms with Gasteiger partial charge in [-0.25, -0.2) is 8.42 Å². The second-order valence-electron chi connectivity index (χ2n) is 8.69. The van der Waals surface area contributed by atoms with E-state index in [-0.39, 0.29) is 23.0 Å². The molecule has 9 nitrogen and oxygen atoms in total. The number of carbonyl (C=O) groups excluding carboxylic acids is 2. The van der Waals surface area contributed by atoms with E-state index in [2.05, 4.69) is 5.32 Å². The van der Waals surface area contributed by atoms with Gasteiger partial charge in [0.15, 0.2) is 0 Å². The Morgan fingerprint density at radius 1 is 0.921 bits per heavy atom. The Bertz CT molecular complexity index is 1380. The van der Waals surface area contributed by atoms with E-state index in [1.807, 2.05) is 13.0 Å². The maximum atomic E-state index is 13.8. The fourth-order valence-electron chi connectivity index (χ4n) is 3.89. The van der Waals surface area contributed by atoms with Crippen molar-refractivity contribution in [2.75, 3.05) is 32.1 Å². The lowest BCUT2D eigenvalue weighted by Gasteiger charge is -2.32. The monoisotopic (exact) mass is 539 g/mol. The summed E-state index contributed by atoms with van der Waals surface area (Å²) < 4.78 is 39.3. The van der Waals surface area contributed by atoms with Crippen LogP contribution in [0.4, 0.5) is 5.69 Å². The van der Waals surface area contributed by atoms with E-state index in [0.717, 1.165) is 15.4 Å². The number of hydrogen-bond donors (Lipinski definition) is 1. The standard InChI is InChI=1S/C28H33N3O6S/c1-20-12-14-26(15-13-20)38(34,35)31(23-9-7-11-25(17-23)37-5)19-27(32)30(21(2)28(33)29-3)18-22-8-6-10-24(16-22)36-4/h6-17,21H,18-19H2,1-5H3,(H,29,33)/t21-/m1/s1. The smallest absolute Gasteiger partial charge is 0.264 e. The molecule has 0 saturated carbocycles. The minimum Gasteiger partial charge on any atom is -0.497 e. The molecule has 0 saturated heterocycles. The van der Waals surface area contributed by atoms with Gasteiger partial charge < -0.3 is 19.7 Å². The molecule has 3 rings (SSSR count). The highest BCUT2D eigenvalue weighted by Crippen LogP contribution is 2.28. The first-order valence-electron chi connectivity index (χ1n) is 12.0. The number of nitrogens with one attached hydrogen (secondary N) is 1. The summed E-state index contributed by atoms with van der Waals surface area (Å²) in [5.41, 5.74) is 1.88. The van der Waals surface area contributed by atoms with E-state index in [1.165, 1.54) is 38.3 Å². The Morgan fingerprint density at radius 3 is 2.13 bits per heavy atom. The van der Waals surface area contributed by atoms with Gasteiger partial charge in [-0.1, -0.05) is 35.9 Å². The molecule has 0 aliphatic rings. The molecule has 2 amide bonds. The van der Waals surface area contributed by atoms with Gasteiger partial charge in [-0.2, -0.15) is 0 Å². The molecule has 1 N–H and O–H groups in total. The molecule has 202 valence electrons. The Morgan fingerprint density at radius 2 is 1.53 bits per heavy atom. The van der Waals surface area contributed by atoms with Crippen molar-refractivity contribution < 1.29 is 27.5 Å². The highest BCUT2D eigenvalue weighted by Gasteiger charge is 2.32. The summed E-state index contributed by atoms with van der Waals surface area (Å²) in [5, 5.41) is 2.56. The zero-order valence-corrected chi connectivity index (χ0v) is 23.0. The first-order chi connectivity index (χ1) is 18.1. The summed E-state index contributed by atoms with van der Waals surface area (Å²) in [6.07, 6.45) is 0. The molecule has 3 aromatic rings. The molecule has 1 atom stereocenters. The van der Waals surface area contributed by atoms with Crippen LogP contribution in [-0.2, 0) is 26.2 Å². The number of hydrogen-bond acceptors (Lipinski definition) is 6. The van der Waals surface area contributed by atoms with E-state index in [4.69, 9.17) is 9.47 Å². The summed E-state index contributed by atoms with van der Waals surface area (Å²) in [6, 6.07) is 19.1. The molecule has 0 unspecified atom stereocenters. The Labute approximate surface area is 224 Å². The van der Waals surface area contributed by atoms with Crippen molar-refractivity contribution in [3.63, 3.8) is 0 Å². The zero-order chi connectivity index (χ0) is 27.9. The molecule has 0 spiro atoms. The molecule has 0 radical (unpaired) electrons. The number of benzene rings is 3. The van der Waals surface area contributed by atoms with E-state index < -0.39 is 28.5 Å². The SMILES string of the molecule is CNC(=O)[C@@H](C)N(Cc1cccc(OC)c1)C(=O)CN(c1cccc(OC)c1)S(=O)(=O)c1ccc(C)cc1. The van der Waals surface area contributed by atoms with Gasteiger partial charge in [-0.3, -0.25) is 13.9 Å². The lowest BCUT2D eigenvalue weighted by Crippen LogP contribution is -2.50. The lowest BCUT2D eigenvalue weighted by atomic mass is 10.1. The van der Waals surface area contributed by atoms with Gasteiger partial charge in [-0.15, -0.1) is 0 Å². The number of aryl methyl sites for hydroxylation is 1. The number of nitrogens with zero attached hydrogens (tertiary/aromatic N) is 2. The van der Waals surface area contributed by atoms with Gasteiger partial charge in [0, 0.05) is 19.7 Å². The third-order valence-corrected chi connectivity index (χ3v) is 7.92. The van der Waals surface area contributed by atoms with Crippen LogP contribution in [0, 0.1) is 6.92 Å². The fraction of sp³-hybridized carbons (Fsp3) is 0.286. The molecule has 10 heteroatoms. The fourth-order valence-corrected chi connectivity index (χ4v) is 5.30. The van der Waals surface area contributed by atoms with Gasteiger partial charge >= 0.3 is 0 Å². The first kappa shape index (κ1) is 28.5. The molecule has 0 fully saturated rings. The number of methoxy groups -OCH3 is 2. The second kappa shape index (κ2) is 12.5. The molecule has 3 aromatic carbocycles. The average Bonchev–Trinajstić information content (AvgIpc) is 2.93. The summed E-state index contributed by atoms with van der Waals surface area (Å²) in [7, 11) is 0.349. The predicted molar refractivity (Wildman–Crippen MR) is 146 cm³/mol. The van der Waals surface area contributed by atoms with Crippen LogP contribution >= 0.6 is 0 Å². The van der Waals surface area contributed by atoms with Crippen LogP contribution in [0.5, 0.6) is 11.5 Å². The largest absolute Gasteiger partial charge is 0.497 e. The molecule has 0 aliphatic carbocycles. The number of anilines is 1. The maximum absolute atomic E-state index is 13.8. The van der Waals surface area contributed by atoms with Gasteiger partial charge in [0.1, 0.15) is 24.1 Å². The number of sulfonamides is 1. The van der Waals surface area contributed by atoms with Gasteiger partial charge in [0.05, 0.1) is 24.8 Å². The zero-order valence-electron chi connectivity index (χ0n) is 22.2. The van der Waals surface area contributed by atoms with Gasteiger partial charge in [-0.05, 0) is 55.8 Å². The molecular weight excluding hydrogens is 506 g/mol. The molecule has 0 aliphatic heterocycles. The topological polar surface area (TPSA) is 105 Å². The highest BCUT2D eigenvalue weighted by molar-refractivity contribution is 7.92. The highest BCUT2D eigenvalue weighted by atomic mass is 32.2. The van der Waals surface area contributed by atoms with E-state index in [1.54, 1.807) is 61.5 Å². The van der Waals surface area contributed by atoms with Crippen LogP contribution in [-0.4, -0.2) is 59.0 Å². The van der Waals surface area contributed by atoms with Gasteiger partial charge in [0.2, 0.25) is 11.8 Å². The van der Waals surface area contributed by atoms with Crippen LogP contribution in [0.25, 0.3) is 0 Å². The van der Waals surface area contributed by atoms with E-state index in [9.17, 15) is 18.0 Å². The van der Waals surface area contributed by atoms with Crippen molar-refractivity contribution in [1.82, 2.24) is 10.2 Å². The summed E-state index contributed by atoms with van der Waals surface area (Å²) in [5.74, 6) is 0.103. The van der Waals surface area contributed by atoms with Crippen LogP contribution in [0.1, 0.15) is 18.1 Å². The Balaban J connectivity index is 2.05. The third kappa shape index (κ3) is 6.63. The first-order valence-corrected chi connectivity index (χ1v) is 13.4. The normalized spacial score (nSPS) is 11.8. The van der Waals surface area contributed by atoms with Crippen molar-refractivity contribution >= 4 is 27.5 Å². The number of ether oxygens (including phenoxy) is 2. The summed E-state index contributed by atoms with van der Waals surface area (Å²) in [4.78, 5) is 27.8. The van der Waals surface area contributed by atoms with Crippen molar-refractivity contribution in [2.45, 2.75) is 31.3 Å². The van der Waals surface area contributed by atoms with Crippen molar-refractivity contribution in [3.05, 3.63) is 83.9 Å². The molecule has 0 bridgehead atoms.